The van der Waals surface area contributed by atoms with Crippen molar-refractivity contribution in [3.05, 3.63) is 11.8 Å². The SMILES string of the molecule is C1=NC2SCCC2=CN1. The van der Waals surface area contributed by atoms with E-state index in [0.717, 1.165) is 0 Å². The lowest BCUT2D eigenvalue weighted by Gasteiger charge is -2.09. The molecule has 2 rings (SSSR count). The second-order valence-corrected chi connectivity index (χ2v) is 3.33. The van der Waals surface area contributed by atoms with Crippen LogP contribution in [0.15, 0.2) is 16.8 Å². The van der Waals surface area contributed by atoms with Crippen molar-refractivity contribution in [2.24, 2.45) is 4.99 Å². The fourth-order valence-corrected chi connectivity index (χ4v) is 2.18. The molecule has 0 spiro atoms. The van der Waals surface area contributed by atoms with Crippen molar-refractivity contribution < 1.29 is 0 Å². The Hall–Kier alpha value is -0.440. The minimum absolute atomic E-state index is 0.450. The van der Waals surface area contributed by atoms with E-state index in [0.29, 0.717) is 5.37 Å². The van der Waals surface area contributed by atoms with Gasteiger partial charge in [0.25, 0.3) is 0 Å². The topological polar surface area (TPSA) is 24.4 Å². The molecule has 3 heteroatoms. The molecule has 0 aromatic rings. The highest BCUT2D eigenvalue weighted by molar-refractivity contribution is 8.00. The Morgan fingerprint density at radius 3 is 3.67 bits per heavy atom. The summed E-state index contributed by atoms with van der Waals surface area (Å²) in [5.74, 6) is 1.23. The van der Waals surface area contributed by atoms with Gasteiger partial charge >= 0.3 is 0 Å². The second-order valence-electron chi connectivity index (χ2n) is 2.14. The van der Waals surface area contributed by atoms with Crippen molar-refractivity contribution in [3.63, 3.8) is 0 Å². The van der Waals surface area contributed by atoms with Crippen LogP contribution < -0.4 is 5.32 Å². The van der Waals surface area contributed by atoms with Gasteiger partial charge in [0.2, 0.25) is 0 Å². The van der Waals surface area contributed by atoms with Crippen molar-refractivity contribution >= 4 is 18.1 Å². The number of hydrogen-bond donors (Lipinski definition) is 1. The fraction of sp³-hybridized carbons (Fsp3) is 0.500. The van der Waals surface area contributed by atoms with Gasteiger partial charge in [0, 0.05) is 6.20 Å². The van der Waals surface area contributed by atoms with Crippen LogP contribution in [0.2, 0.25) is 0 Å². The molecule has 0 aromatic carbocycles. The summed E-state index contributed by atoms with van der Waals surface area (Å²) in [4.78, 5) is 4.25. The van der Waals surface area contributed by atoms with E-state index in [2.05, 4.69) is 16.5 Å². The Morgan fingerprint density at radius 2 is 2.78 bits per heavy atom. The minimum atomic E-state index is 0.450. The zero-order chi connectivity index (χ0) is 6.10. The van der Waals surface area contributed by atoms with Crippen LogP contribution in [0.3, 0.4) is 0 Å². The lowest BCUT2D eigenvalue weighted by Crippen LogP contribution is -2.13. The summed E-state index contributed by atoms with van der Waals surface area (Å²) in [5.41, 5.74) is 1.45. The van der Waals surface area contributed by atoms with Crippen LogP contribution in [0.25, 0.3) is 0 Å². The first kappa shape index (κ1) is 5.35. The smallest absolute Gasteiger partial charge is 0.120 e. The molecule has 0 amide bonds. The van der Waals surface area contributed by atoms with Crippen LogP contribution in [-0.4, -0.2) is 17.5 Å². The molecule has 0 saturated carbocycles. The number of nitrogens with one attached hydrogen (secondary N) is 1. The van der Waals surface area contributed by atoms with Crippen molar-refractivity contribution in [1.29, 1.82) is 0 Å². The minimum Gasteiger partial charge on any atom is -0.353 e. The van der Waals surface area contributed by atoms with Crippen LogP contribution in [0.4, 0.5) is 0 Å². The molecule has 9 heavy (non-hydrogen) atoms. The largest absolute Gasteiger partial charge is 0.353 e. The molecule has 0 aliphatic carbocycles. The van der Waals surface area contributed by atoms with Gasteiger partial charge in [-0.25, -0.2) is 0 Å². The van der Waals surface area contributed by atoms with E-state index in [-0.39, 0.29) is 0 Å². The number of nitrogens with zero attached hydrogens (tertiary/aromatic N) is 1. The monoisotopic (exact) mass is 140 g/mol. The number of fused-ring (bicyclic) bond motifs is 1. The summed E-state index contributed by atoms with van der Waals surface area (Å²) in [6.45, 7) is 0. The van der Waals surface area contributed by atoms with E-state index < -0.39 is 0 Å². The normalized spacial score (nSPS) is 31.1. The molecule has 48 valence electrons. The molecule has 2 heterocycles. The summed E-state index contributed by atoms with van der Waals surface area (Å²) >= 11 is 1.92. The van der Waals surface area contributed by atoms with E-state index in [9.17, 15) is 0 Å². The van der Waals surface area contributed by atoms with Gasteiger partial charge in [-0.2, -0.15) is 0 Å². The first-order chi connectivity index (χ1) is 4.47. The molecule has 1 fully saturated rings. The van der Waals surface area contributed by atoms with Crippen molar-refractivity contribution in [3.8, 4) is 0 Å². The Morgan fingerprint density at radius 1 is 1.78 bits per heavy atom. The predicted octanol–water partition coefficient (Wildman–Crippen LogP) is 0.965. The average Bonchev–Trinajstić information content (AvgIpc) is 2.33. The summed E-state index contributed by atoms with van der Waals surface area (Å²) < 4.78 is 0. The zero-order valence-corrected chi connectivity index (χ0v) is 5.82. The third-order valence-corrected chi connectivity index (χ3v) is 2.72. The standard InChI is InChI=1S/C6H8N2S/c1-2-9-6-5(1)3-7-4-8-6/h3-4,6H,1-2H2,(H,7,8). The van der Waals surface area contributed by atoms with E-state index in [4.69, 9.17) is 0 Å². The summed E-state index contributed by atoms with van der Waals surface area (Å²) in [6.07, 6.45) is 5.05. The van der Waals surface area contributed by atoms with Crippen LogP contribution >= 0.6 is 11.8 Å². The van der Waals surface area contributed by atoms with Gasteiger partial charge in [-0.15, -0.1) is 11.8 Å². The van der Waals surface area contributed by atoms with E-state index in [1.165, 1.54) is 17.7 Å². The van der Waals surface area contributed by atoms with Gasteiger partial charge in [-0.3, -0.25) is 4.99 Å². The molecule has 2 aliphatic rings. The van der Waals surface area contributed by atoms with Crippen LogP contribution in [0.5, 0.6) is 0 Å². The molecular formula is C6H8N2S. The number of thioether (sulfide) groups is 1. The average molecular weight is 140 g/mol. The maximum Gasteiger partial charge on any atom is 0.120 e. The Kier molecular flexibility index (Phi) is 1.23. The fourth-order valence-electron chi connectivity index (χ4n) is 1.06. The Labute approximate surface area is 58.4 Å². The van der Waals surface area contributed by atoms with E-state index >= 15 is 0 Å². The van der Waals surface area contributed by atoms with Gasteiger partial charge < -0.3 is 5.32 Å². The number of hydrogen-bond acceptors (Lipinski definition) is 3. The lowest BCUT2D eigenvalue weighted by atomic mass is 10.2. The third-order valence-electron chi connectivity index (χ3n) is 1.54. The molecule has 1 saturated heterocycles. The molecule has 2 nitrogen and oxygen atoms in total. The predicted molar refractivity (Wildman–Crippen MR) is 40.6 cm³/mol. The Balaban J connectivity index is 2.22. The molecular weight excluding hydrogens is 132 g/mol. The van der Waals surface area contributed by atoms with Crippen LogP contribution in [0, 0.1) is 0 Å². The van der Waals surface area contributed by atoms with Gasteiger partial charge in [0.05, 0.1) is 6.34 Å². The molecule has 0 radical (unpaired) electrons. The van der Waals surface area contributed by atoms with Gasteiger partial charge in [0.1, 0.15) is 5.37 Å². The van der Waals surface area contributed by atoms with Gasteiger partial charge in [-0.1, -0.05) is 0 Å². The summed E-state index contributed by atoms with van der Waals surface area (Å²) in [5, 5.41) is 3.44. The molecule has 0 aromatic heterocycles. The highest BCUT2D eigenvalue weighted by Gasteiger charge is 2.21. The maximum absolute atomic E-state index is 4.25. The summed E-state index contributed by atoms with van der Waals surface area (Å²) in [7, 11) is 0. The van der Waals surface area contributed by atoms with Crippen LogP contribution in [0.1, 0.15) is 6.42 Å². The summed E-state index contributed by atoms with van der Waals surface area (Å²) in [6, 6.07) is 0. The van der Waals surface area contributed by atoms with Crippen molar-refractivity contribution in [2.45, 2.75) is 11.8 Å². The molecule has 1 N–H and O–H groups in total. The molecule has 1 unspecified atom stereocenters. The first-order valence-corrected chi connectivity index (χ1v) is 4.10. The van der Waals surface area contributed by atoms with E-state index in [1.54, 1.807) is 6.34 Å². The van der Waals surface area contributed by atoms with Gasteiger partial charge in [-0.05, 0) is 17.7 Å². The Bertz CT molecular complexity index is 174. The maximum atomic E-state index is 4.25. The first-order valence-electron chi connectivity index (χ1n) is 3.05. The number of aliphatic imine (C=N–C) groups is 1. The third kappa shape index (κ3) is 0.852. The van der Waals surface area contributed by atoms with E-state index in [1.807, 2.05) is 11.8 Å². The molecule has 1 atom stereocenters. The van der Waals surface area contributed by atoms with Crippen molar-refractivity contribution in [1.82, 2.24) is 5.32 Å². The zero-order valence-electron chi connectivity index (χ0n) is 5.00. The second kappa shape index (κ2) is 2.06. The highest BCUT2D eigenvalue weighted by atomic mass is 32.2. The highest BCUT2D eigenvalue weighted by Crippen LogP contribution is 2.32. The van der Waals surface area contributed by atoms with Gasteiger partial charge in [0.15, 0.2) is 0 Å². The lowest BCUT2D eigenvalue weighted by molar-refractivity contribution is 0.963. The molecule has 2 aliphatic heterocycles. The number of rotatable bonds is 0. The molecule has 0 bridgehead atoms. The quantitative estimate of drug-likeness (QED) is 0.542. The van der Waals surface area contributed by atoms with Crippen LogP contribution in [-0.2, 0) is 0 Å². The van der Waals surface area contributed by atoms with Crippen molar-refractivity contribution in [2.75, 3.05) is 5.75 Å².